The number of hydrogen-bond donors (Lipinski definition) is 1. The molecular formula is C21H21N5O3. The maximum atomic E-state index is 12.5. The molecule has 1 aliphatic heterocycles. The molecule has 148 valence electrons. The van der Waals surface area contributed by atoms with Gasteiger partial charge < -0.3 is 10.2 Å². The first-order valence-electron chi connectivity index (χ1n) is 9.56. The molecule has 0 aliphatic carbocycles. The number of amides is 1. The van der Waals surface area contributed by atoms with Crippen molar-refractivity contribution in [3.8, 4) is 5.69 Å². The Balaban J connectivity index is 1.42. The van der Waals surface area contributed by atoms with E-state index in [4.69, 9.17) is 0 Å². The van der Waals surface area contributed by atoms with E-state index in [1.54, 1.807) is 18.3 Å². The SMILES string of the molecule is O=C(Nc1ccc(N2CCCCC2)cc1)c1cnn(-c2ccc([N+](=O)[O-])cc2)c1. The van der Waals surface area contributed by atoms with Gasteiger partial charge in [-0.3, -0.25) is 14.9 Å². The number of nitro groups is 1. The molecule has 2 aromatic carbocycles. The summed E-state index contributed by atoms with van der Waals surface area (Å²) in [6.45, 7) is 2.15. The minimum Gasteiger partial charge on any atom is -0.372 e. The molecule has 0 radical (unpaired) electrons. The molecule has 0 bridgehead atoms. The van der Waals surface area contributed by atoms with E-state index in [9.17, 15) is 14.9 Å². The molecule has 0 unspecified atom stereocenters. The van der Waals surface area contributed by atoms with Gasteiger partial charge in [0.2, 0.25) is 0 Å². The summed E-state index contributed by atoms with van der Waals surface area (Å²) in [6, 6.07) is 13.9. The Bertz CT molecular complexity index is 1010. The van der Waals surface area contributed by atoms with Crippen LogP contribution in [0.15, 0.2) is 60.9 Å². The van der Waals surface area contributed by atoms with Gasteiger partial charge in [0.15, 0.2) is 0 Å². The van der Waals surface area contributed by atoms with E-state index in [2.05, 4.69) is 15.3 Å². The second kappa shape index (κ2) is 8.14. The van der Waals surface area contributed by atoms with Gasteiger partial charge in [-0.2, -0.15) is 5.10 Å². The van der Waals surface area contributed by atoms with Crippen molar-refractivity contribution < 1.29 is 9.72 Å². The van der Waals surface area contributed by atoms with Crippen LogP contribution in [0.4, 0.5) is 17.1 Å². The van der Waals surface area contributed by atoms with Crippen LogP contribution < -0.4 is 10.2 Å². The highest BCUT2D eigenvalue weighted by Gasteiger charge is 2.13. The number of hydrogen-bond acceptors (Lipinski definition) is 5. The number of nitro benzene ring substituents is 1. The zero-order valence-corrected chi connectivity index (χ0v) is 15.8. The maximum Gasteiger partial charge on any atom is 0.269 e. The smallest absolute Gasteiger partial charge is 0.269 e. The minimum absolute atomic E-state index is 0.00636. The highest BCUT2D eigenvalue weighted by atomic mass is 16.6. The Labute approximate surface area is 167 Å². The largest absolute Gasteiger partial charge is 0.372 e. The molecule has 8 nitrogen and oxygen atoms in total. The fraction of sp³-hybridized carbons (Fsp3) is 0.238. The van der Waals surface area contributed by atoms with E-state index < -0.39 is 4.92 Å². The zero-order chi connectivity index (χ0) is 20.2. The predicted octanol–water partition coefficient (Wildman–Crippen LogP) is 4.02. The molecule has 4 rings (SSSR count). The molecule has 29 heavy (non-hydrogen) atoms. The van der Waals surface area contributed by atoms with Crippen LogP contribution in [-0.2, 0) is 0 Å². The van der Waals surface area contributed by atoms with E-state index >= 15 is 0 Å². The van der Waals surface area contributed by atoms with Gasteiger partial charge in [-0.25, -0.2) is 4.68 Å². The Morgan fingerprint density at radius 3 is 2.28 bits per heavy atom. The van der Waals surface area contributed by atoms with Crippen molar-refractivity contribution in [3.63, 3.8) is 0 Å². The van der Waals surface area contributed by atoms with Crippen LogP contribution in [0.3, 0.4) is 0 Å². The third kappa shape index (κ3) is 4.26. The summed E-state index contributed by atoms with van der Waals surface area (Å²) in [5, 5.41) is 17.8. The molecule has 0 saturated carbocycles. The number of nitrogens with one attached hydrogen (secondary N) is 1. The number of nitrogens with zero attached hydrogens (tertiary/aromatic N) is 4. The van der Waals surface area contributed by atoms with Crippen molar-refractivity contribution in [1.29, 1.82) is 0 Å². The fourth-order valence-corrected chi connectivity index (χ4v) is 3.42. The summed E-state index contributed by atoms with van der Waals surface area (Å²) in [4.78, 5) is 25.2. The molecule has 3 aromatic rings. The Hall–Kier alpha value is -3.68. The maximum absolute atomic E-state index is 12.5. The fourth-order valence-electron chi connectivity index (χ4n) is 3.42. The average Bonchev–Trinajstić information content (AvgIpc) is 3.25. The number of benzene rings is 2. The van der Waals surface area contributed by atoms with Crippen molar-refractivity contribution in [2.75, 3.05) is 23.3 Å². The van der Waals surface area contributed by atoms with Crippen LogP contribution in [0.2, 0.25) is 0 Å². The second-order valence-electron chi connectivity index (χ2n) is 7.00. The van der Waals surface area contributed by atoms with Gasteiger partial charge >= 0.3 is 0 Å². The van der Waals surface area contributed by atoms with Crippen LogP contribution in [0, 0.1) is 10.1 Å². The van der Waals surface area contributed by atoms with Crippen molar-refractivity contribution in [2.24, 2.45) is 0 Å². The van der Waals surface area contributed by atoms with E-state index in [0.29, 0.717) is 11.3 Å². The van der Waals surface area contributed by atoms with Crippen molar-refractivity contribution in [2.45, 2.75) is 19.3 Å². The summed E-state index contributed by atoms with van der Waals surface area (Å²) in [7, 11) is 0. The molecule has 8 heteroatoms. The van der Waals surface area contributed by atoms with Crippen molar-refractivity contribution >= 4 is 23.0 Å². The van der Waals surface area contributed by atoms with Gasteiger partial charge in [-0.05, 0) is 55.7 Å². The van der Waals surface area contributed by atoms with Gasteiger partial charge in [-0.15, -0.1) is 0 Å². The zero-order valence-electron chi connectivity index (χ0n) is 15.8. The number of anilines is 2. The Kier molecular flexibility index (Phi) is 5.24. The average molecular weight is 391 g/mol. The van der Waals surface area contributed by atoms with Crippen LogP contribution in [0.5, 0.6) is 0 Å². The molecule has 1 N–H and O–H groups in total. The molecular weight excluding hydrogens is 370 g/mol. The third-order valence-electron chi connectivity index (χ3n) is 5.02. The molecule has 1 amide bonds. The number of piperidine rings is 1. The first-order chi connectivity index (χ1) is 14.1. The van der Waals surface area contributed by atoms with Gasteiger partial charge in [0.1, 0.15) is 0 Å². The minimum atomic E-state index is -0.456. The molecule has 1 fully saturated rings. The third-order valence-corrected chi connectivity index (χ3v) is 5.02. The summed E-state index contributed by atoms with van der Waals surface area (Å²) < 4.78 is 1.51. The normalized spacial score (nSPS) is 13.9. The molecule has 1 aromatic heterocycles. The van der Waals surface area contributed by atoms with Gasteiger partial charge in [-0.1, -0.05) is 0 Å². The summed E-state index contributed by atoms with van der Waals surface area (Å²) in [5.41, 5.74) is 2.95. The molecule has 2 heterocycles. The van der Waals surface area contributed by atoms with E-state index in [-0.39, 0.29) is 11.6 Å². The lowest BCUT2D eigenvalue weighted by Crippen LogP contribution is -2.29. The first-order valence-corrected chi connectivity index (χ1v) is 9.56. The van der Waals surface area contributed by atoms with E-state index in [1.807, 2.05) is 24.3 Å². The first kappa shape index (κ1) is 18.7. The number of non-ortho nitro benzene ring substituents is 1. The van der Waals surface area contributed by atoms with Crippen LogP contribution >= 0.6 is 0 Å². The standard InChI is InChI=1S/C21H21N5O3/c27-21(23-17-4-6-18(7-5-17)24-12-2-1-3-13-24)16-14-22-25(15-16)19-8-10-20(11-9-19)26(28)29/h4-11,14-15H,1-3,12-13H2,(H,23,27). The molecule has 0 spiro atoms. The predicted molar refractivity (Wildman–Crippen MR) is 111 cm³/mol. The Morgan fingerprint density at radius 2 is 1.62 bits per heavy atom. The number of aromatic nitrogens is 2. The lowest BCUT2D eigenvalue weighted by atomic mass is 10.1. The second-order valence-corrected chi connectivity index (χ2v) is 7.00. The number of carbonyl (C=O) groups excluding carboxylic acids is 1. The van der Waals surface area contributed by atoms with Crippen LogP contribution in [-0.4, -0.2) is 33.7 Å². The number of carbonyl (C=O) groups is 1. The number of rotatable bonds is 5. The molecule has 0 atom stereocenters. The summed E-state index contributed by atoms with van der Waals surface area (Å²) in [6.07, 6.45) is 6.80. The Morgan fingerprint density at radius 1 is 0.966 bits per heavy atom. The van der Waals surface area contributed by atoms with E-state index in [1.165, 1.54) is 48.0 Å². The van der Waals surface area contributed by atoms with Crippen molar-refractivity contribution in [3.05, 3.63) is 76.6 Å². The van der Waals surface area contributed by atoms with Gasteiger partial charge in [0.05, 0.1) is 22.4 Å². The van der Waals surface area contributed by atoms with Gasteiger partial charge in [0.25, 0.3) is 11.6 Å². The van der Waals surface area contributed by atoms with Crippen LogP contribution in [0.1, 0.15) is 29.6 Å². The highest BCUT2D eigenvalue weighted by molar-refractivity contribution is 6.04. The van der Waals surface area contributed by atoms with Gasteiger partial charge in [0, 0.05) is 42.8 Å². The molecule has 1 aliphatic rings. The quantitative estimate of drug-likeness (QED) is 0.524. The lowest BCUT2D eigenvalue weighted by molar-refractivity contribution is -0.384. The lowest BCUT2D eigenvalue weighted by Gasteiger charge is -2.28. The summed E-state index contributed by atoms with van der Waals surface area (Å²) in [5.74, 6) is -0.260. The highest BCUT2D eigenvalue weighted by Crippen LogP contribution is 2.22. The van der Waals surface area contributed by atoms with E-state index in [0.717, 1.165) is 18.8 Å². The monoisotopic (exact) mass is 391 g/mol. The molecule has 1 saturated heterocycles. The summed E-state index contributed by atoms with van der Waals surface area (Å²) >= 11 is 0. The van der Waals surface area contributed by atoms with Crippen molar-refractivity contribution in [1.82, 2.24) is 9.78 Å². The topological polar surface area (TPSA) is 93.3 Å². The van der Waals surface area contributed by atoms with Crippen LogP contribution in [0.25, 0.3) is 5.69 Å².